The zero-order valence-electron chi connectivity index (χ0n) is 20.6. The minimum atomic E-state index is -0.499. The van der Waals surface area contributed by atoms with Crippen LogP contribution in [0.1, 0.15) is 17.2 Å². The van der Waals surface area contributed by atoms with Gasteiger partial charge in [-0.25, -0.2) is 0 Å². The van der Waals surface area contributed by atoms with Crippen molar-refractivity contribution in [3.05, 3.63) is 136 Å². The van der Waals surface area contributed by atoms with E-state index >= 15 is 0 Å². The van der Waals surface area contributed by atoms with E-state index in [0.29, 0.717) is 34.0 Å². The third-order valence-corrected chi connectivity index (χ3v) is 7.63. The molecule has 3 heterocycles. The van der Waals surface area contributed by atoms with Crippen molar-refractivity contribution in [3.63, 3.8) is 0 Å². The number of rotatable bonds is 4. The molecule has 0 aromatic heterocycles. The number of benzene rings is 4. The van der Waals surface area contributed by atoms with Crippen LogP contribution in [0.2, 0.25) is 0 Å². The molecule has 0 unspecified atom stereocenters. The summed E-state index contributed by atoms with van der Waals surface area (Å²) in [5.41, 5.74) is 4.60. The molecule has 3 aliphatic heterocycles. The molecular weight excluding hydrogens is 556 g/mol. The maximum atomic E-state index is 14.3. The minimum absolute atomic E-state index is 0.164. The van der Waals surface area contributed by atoms with E-state index in [4.69, 9.17) is 9.47 Å². The van der Waals surface area contributed by atoms with Gasteiger partial charge in [0.1, 0.15) is 5.70 Å². The molecule has 0 bridgehead atoms. The number of fused-ring (bicyclic) bond motifs is 1. The fourth-order valence-electron chi connectivity index (χ4n) is 5.38. The first kappa shape index (κ1) is 23.5. The number of nitrogens with zero attached hydrogens (tertiary/aromatic N) is 2. The van der Waals surface area contributed by atoms with Crippen molar-refractivity contribution >= 4 is 45.2 Å². The summed E-state index contributed by atoms with van der Waals surface area (Å²) in [5, 5.41) is 0. The number of amides is 2. The smallest absolute Gasteiger partial charge is 0.276 e. The number of halogens is 1. The lowest BCUT2D eigenvalue weighted by Gasteiger charge is -2.30. The van der Waals surface area contributed by atoms with E-state index in [1.165, 1.54) is 0 Å². The Labute approximate surface area is 233 Å². The van der Waals surface area contributed by atoms with Crippen molar-refractivity contribution < 1.29 is 19.1 Å². The molecule has 4 aromatic rings. The Morgan fingerprint density at radius 1 is 0.744 bits per heavy atom. The number of para-hydroxylation sites is 2. The number of hydrogen-bond donors (Lipinski definition) is 0. The van der Waals surface area contributed by atoms with Gasteiger partial charge in [-0.2, -0.15) is 0 Å². The molecule has 4 aromatic carbocycles. The molecule has 7 heteroatoms. The Balaban J connectivity index is 1.46. The number of ether oxygens (including phenoxy) is 2. The highest BCUT2D eigenvalue weighted by atomic mass is 79.9. The van der Waals surface area contributed by atoms with Gasteiger partial charge in [0.25, 0.3) is 11.8 Å². The van der Waals surface area contributed by atoms with E-state index in [-0.39, 0.29) is 18.6 Å². The van der Waals surface area contributed by atoms with Gasteiger partial charge in [-0.15, -0.1) is 0 Å². The second-order valence-corrected chi connectivity index (χ2v) is 10.3. The maximum Gasteiger partial charge on any atom is 0.276 e. The van der Waals surface area contributed by atoms with Crippen molar-refractivity contribution in [1.29, 1.82) is 0 Å². The second kappa shape index (κ2) is 9.29. The van der Waals surface area contributed by atoms with Crippen molar-refractivity contribution in [2.75, 3.05) is 16.6 Å². The molecule has 1 atom stereocenters. The first-order valence-electron chi connectivity index (χ1n) is 12.5. The van der Waals surface area contributed by atoms with Crippen molar-refractivity contribution in [2.45, 2.75) is 6.04 Å². The molecule has 0 radical (unpaired) electrons. The highest BCUT2D eigenvalue weighted by molar-refractivity contribution is 9.10. The third kappa shape index (κ3) is 3.85. The zero-order chi connectivity index (χ0) is 26.5. The average molecular weight is 577 g/mol. The van der Waals surface area contributed by atoms with Gasteiger partial charge < -0.3 is 9.47 Å². The van der Waals surface area contributed by atoms with Crippen LogP contribution in [-0.4, -0.2) is 18.6 Å². The van der Waals surface area contributed by atoms with Gasteiger partial charge in [0.05, 0.1) is 6.04 Å². The molecule has 0 fully saturated rings. The first-order chi connectivity index (χ1) is 19.1. The Bertz CT molecular complexity index is 1680. The van der Waals surface area contributed by atoms with E-state index in [2.05, 4.69) is 15.9 Å². The summed E-state index contributed by atoms with van der Waals surface area (Å²) in [6.45, 7) is 0.164. The Hall–Kier alpha value is -4.62. The van der Waals surface area contributed by atoms with Crippen LogP contribution in [-0.2, 0) is 9.59 Å². The lowest BCUT2D eigenvalue weighted by Crippen LogP contribution is -2.38. The van der Waals surface area contributed by atoms with Crippen LogP contribution in [0.15, 0.2) is 124 Å². The Kier molecular flexibility index (Phi) is 5.60. The van der Waals surface area contributed by atoms with Gasteiger partial charge in [0, 0.05) is 27.0 Å². The van der Waals surface area contributed by atoms with Crippen molar-refractivity contribution in [2.24, 2.45) is 0 Å². The van der Waals surface area contributed by atoms with Gasteiger partial charge in [0.2, 0.25) is 6.79 Å². The summed E-state index contributed by atoms with van der Waals surface area (Å²) >= 11 is 3.52. The van der Waals surface area contributed by atoms with Crippen LogP contribution < -0.4 is 19.3 Å². The minimum Gasteiger partial charge on any atom is -0.454 e. The molecule has 3 aliphatic rings. The fraction of sp³-hybridized carbons (Fsp3) is 0.0625. The molecule has 0 N–H and O–H groups in total. The lowest BCUT2D eigenvalue weighted by atomic mass is 9.93. The van der Waals surface area contributed by atoms with E-state index in [1.807, 2.05) is 109 Å². The molecule has 39 heavy (non-hydrogen) atoms. The summed E-state index contributed by atoms with van der Waals surface area (Å²) in [5.74, 6) is 0.823. The number of anilines is 2. The molecule has 0 spiro atoms. The molecule has 2 amide bonds. The molecule has 6 nitrogen and oxygen atoms in total. The van der Waals surface area contributed by atoms with Gasteiger partial charge in [0.15, 0.2) is 11.5 Å². The SMILES string of the molecule is O=C1/C(=C/c2ccc3c(c2)OCO3)C2=C(C(=O)N(c3ccccc3)[C@@H]2c2ccc(Br)cc2)N1c1ccccc1. The van der Waals surface area contributed by atoms with E-state index in [0.717, 1.165) is 21.3 Å². The summed E-state index contributed by atoms with van der Waals surface area (Å²) in [7, 11) is 0. The van der Waals surface area contributed by atoms with Crippen LogP contribution in [0.3, 0.4) is 0 Å². The van der Waals surface area contributed by atoms with E-state index in [1.54, 1.807) is 9.80 Å². The van der Waals surface area contributed by atoms with Crippen LogP contribution in [0.4, 0.5) is 11.4 Å². The summed E-state index contributed by atoms with van der Waals surface area (Å²) in [6.07, 6.45) is 1.84. The van der Waals surface area contributed by atoms with Crippen molar-refractivity contribution in [3.8, 4) is 11.5 Å². The summed E-state index contributed by atoms with van der Waals surface area (Å²) in [6, 6.07) is 31.9. The van der Waals surface area contributed by atoms with Crippen LogP contribution in [0.5, 0.6) is 11.5 Å². The molecule has 7 rings (SSSR count). The quantitative estimate of drug-likeness (QED) is 0.255. The predicted octanol–water partition coefficient (Wildman–Crippen LogP) is 6.65. The third-order valence-electron chi connectivity index (χ3n) is 7.10. The van der Waals surface area contributed by atoms with E-state index < -0.39 is 6.04 Å². The molecule has 190 valence electrons. The summed E-state index contributed by atoms with van der Waals surface area (Å²) in [4.78, 5) is 31.8. The second-order valence-electron chi connectivity index (χ2n) is 9.37. The average Bonchev–Trinajstić information content (AvgIpc) is 3.63. The Morgan fingerprint density at radius 2 is 1.41 bits per heavy atom. The molecule has 0 saturated heterocycles. The van der Waals surface area contributed by atoms with Gasteiger partial charge in [-0.05, 0) is 65.7 Å². The van der Waals surface area contributed by atoms with Crippen molar-refractivity contribution in [1.82, 2.24) is 0 Å². The van der Waals surface area contributed by atoms with Crippen LogP contribution in [0, 0.1) is 0 Å². The van der Waals surface area contributed by atoms with E-state index in [9.17, 15) is 9.59 Å². The van der Waals surface area contributed by atoms with Gasteiger partial charge in [-0.1, -0.05) is 70.5 Å². The number of carbonyl (C=O) groups excluding carboxylic acids is 2. The largest absolute Gasteiger partial charge is 0.454 e. The molecule has 0 saturated carbocycles. The van der Waals surface area contributed by atoms with Crippen LogP contribution in [0.25, 0.3) is 6.08 Å². The number of hydrogen-bond acceptors (Lipinski definition) is 4. The van der Waals surface area contributed by atoms with Crippen LogP contribution >= 0.6 is 15.9 Å². The highest BCUT2D eigenvalue weighted by Gasteiger charge is 2.52. The highest BCUT2D eigenvalue weighted by Crippen LogP contribution is 2.51. The monoisotopic (exact) mass is 576 g/mol. The Morgan fingerprint density at radius 3 is 2.13 bits per heavy atom. The van der Waals surface area contributed by atoms with Gasteiger partial charge >= 0.3 is 0 Å². The lowest BCUT2D eigenvalue weighted by molar-refractivity contribution is -0.118. The molecule has 0 aliphatic carbocycles. The topological polar surface area (TPSA) is 59.1 Å². The first-order valence-corrected chi connectivity index (χ1v) is 13.3. The number of carbonyl (C=O) groups is 2. The maximum absolute atomic E-state index is 14.3. The summed E-state index contributed by atoms with van der Waals surface area (Å²) < 4.78 is 12.0. The van der Waals surface area contributed by atoms with Gasteiger partial charge in [-0.3, -0.25) is 19.4 Å². The standard InChI is InChI=1S/C32H21BrN2O4/c33-22-14-12-21(13-15-22)29-28-25(17-20-11-16-26-27(18-20)39-19-38-26)31(36)35(24-9-5-2-6-10-24)30(28)32(37)34(29)23-7-3-1-4-8-23/h1-18,29H,19H2/b25-17+/t29-/m1/s1. The fourth-order valence-corrected chi connectivity index (χ4v) is 5.65. The predicted molar refractivity (Wildman–Crippen MR) is 152 cm³/mol. The molecular formula is C32H21BrN2O4. The zero-order valence-corrected chi connectivity index (χ0v) is 22.2. The normalized spacial score (nSPS) is 18.9.